The summed E-state index contributed by atoms with van der Waals surface area (Å²) in [6, 6.07) is 3.61. The van der Waals surface area contributed by atoms with E-state index < -0.39 is 41.9 Å². The molecule has 1 saturated carbocycles. The standard InChI is InChI=1S/C30H42BrN5O5/c1-4-5-13-24(29(39)40)36(28(38)25(32)19-14-15-19)27(37)23(34-30(41)35-17(2)9-8-10-18(35)3)16-21-20-11-6-7-12-22(20)33-26(21)31/h6-7,11-12,17-19,23-25,33H,4-5,8-10,13-16,32H2,1-3H3,(H,34,41)(H,39,40)/t17-,18+,23-,24-,25-/m0/s1. The van der Waals surface area contributed by atoms with E-state index in [2.05, 4.69) is 26.2 Å². The second kappa shape index (κ2) is 13.4. The molecule has 1 aromatic heterocycles. The van der Waals surface area contributed by atoms with E-state index in [9.17, 15) is 24.3 Å². The number of likely N-dealkylation sites (tertiary alicyclic amines) is 1. The van der Waals surface area contributed by atoms with Crippen molar-refractivity contribution in [2.24, 2.45) is 11.7 Å². The van der Waals surface area contributed by atoms with Crippen LogP contribution in [0.1, 0.15) is 77.7 Å². The van der Waals surface area contributed by atoms with Crippen molar-refractivity contribution in [2.45, 2.75) is 109 Å². The third-order valence-corrected chi connectivity index (χ3v) is 9.19. The summed E-state index contributed by atoms with van der Waals surface area (Å²) in [6.07, 6.45) is 5.60. The lowest BCUT2D eigenvalue weighted by molar-refractivity contribution is -0.160. The fraction of sp³-hybridized carbons (Fsp3) is 0.600. The smallest absolute Gasteiger partial charge is 0.326 e. The van der Waals surface area contributed by atoms with Crippen molar-refractivity contribution in [3.63, 3.8) is 0 Å². The number of nitrogens with one attached hydrogen (secondary N) is 2. The van der Waals surface area contributed by atoms with Gasteiger partial charge in [0.25, 0.3) is 5.91 Å². The number of aromatic nitrogens is 1. The van der Waals surface area contributed by atoms with E-state index in [4.69, 9.17) is 5.73 Å². The number of carboxylic acid groups (broad SMARTS) is 1. The van der Waals surface area contributed by atoms with Gasteiger partial charge in [-0.2, -0.15) is 0 Å². The molecule has 2 fully saturated rings. The summed E-state index contributed by atoms with van der Waals surface area (Å²) in [4.78, 5) is 60.2. The Kier molecular flexibility index (Phi) is 10.1. The van der Waals surface area contributed by atoms with Gasteiger partial charge in [-0.25, -0.2) is 9.59 Å². The van der Waals surface area contributed by atoms with E-state index in [0.717, 1.165) is 53.5 Å². The van der Waals surface area contributed by atoms with Crippen LogP contribution in [0.4, 0.5) is 4.79 Å². The molecule has 1 aromatic carbocycles. The highest BCUT2D eigenvalue weighted by Gasteiger charge is 2.45. The van der Waals surface area contributed by atoms with Crippen molar-refractivity contribution in [3.8, 4) is 0 Å². The number of urea groups is 1. The van der Waals surface area contributed by atoms with Gasteiger partial charge in [0.1, 0.15) is 12.1 Å². The largest absolute Gasteiger partial charge is 0.480 e. The second-order valence-corrected chi connectivity index (χ2v) is 12.4. The Labute approximate surface area is 249 Å². The highest BCUT2D eigenvalue weighted by Crippen LogP contribution is 2.33. The highest BCUT2D eigenvalue weighted by atomic mass is 79.9. The molecule has 2 aromatic rings. The SMILES string of the molecule is CCCC[C@@H](C(=O)O)N(C(=O)[C@H](Cc1c(Br)[nH]c2ccccc12)NC(=O)N1[C@H](C)CCC[C@@H]1C)C(=O)[C@@H](N)C1CC1. The number of carbonyl (C=O) groups is 4. The topological polar surface area (TPSA) is 149 Å². The number of imide groups is 1. The number of halogens is 1. The van der Waals surface area contributed by atoms with E-state index in [1.165, 1.54) is 0 Å². The molecule has 1 saturated heterocycles. The number of amides is 4. The van der Waals surface area contributed by atoms with E-state index in [1.54, 1.807) is 4.90 Å². The molecule has 0 unspecified atom stereocenters. The number of hydrogen-bond acceptors (Lipinski definition) is 5. The van der Waals surface area contributed by atoms with E-state index >= 15 is 0 Å². The van der Waals surface area contributed by atoms with Crippen LogP contribution in [-0.2, 0) is 20.8 Å². The molecule has 0 radical (unpaired) electrons. The molecule has 1 aliphatic carbocycles. The van der Waals surface area contributed by atoms with Gasteiger partial charge in [-0.05, 0) is 85.9 Å². The Bertz CT molecular complexity index is 1270. The number of aliphatic carboxylic acids is 1. The molecule has 10 nitrogen and oxygen atoms in total. The van der Waals surface area contributed by atoms with Gasteiger partial charge in [-0.3, -0.25) is 14.5 Å². The summed E-state index contributed by atoms with van der Waals surface area (Å²) in [6.45, 7) is 5.89. The van der Waals surface area contributed by atoms with Crippen molar-refractivity contribution >= 4 is 50.6 Å². The van der Waals surface area contributed by atoms with E-state index in [-0.39, 0.29) is 30.8 Å². The van der Waals surface area contributed by atoms with Crippen molar-refractivity contribution < 1.29 is 24.3 Å². The molecule has 4 amide bonds. The lowest BCUT2D eigenvalue weighted by Crippen LogP contribution is -2.62. The molecule has 2 heterocycles. The minimum Gasteiger partial charge on any atom is -0.480 e. The molecule has 1 aliphatic heterocycles. The van der Waals surface area contributed by atoms with Gasteiger partial charge in [-0.15, -0.1) is 0 Å². The average Bonchev–Trinajstić information content (AvgIpc) is 3.73. The van der Waals surface area contributed by atoms with E-state index in [0.29, 0.717) is 17.4 Å². The number of nitrogens with zero attached hydrogens (tertiary/aromatic N) is 2. The lowest BCUT2D eigenvalue weighted by Gasteiger charge is -2.40. The van der Waals surface area contributed by atoms with Crippen LogP contribution in [0.3, 0.4) is 0 Å². The quantitative estimate of drug-likeness (QED) is 0.286. The second-order valence-electron chi connectivity index (χ2n) is 11.6. The lowest BCUT2D eigenvalue weighted by atomic mass is 9.97. The molecule has 5 N–H and O–H groups in total. The first-order valence-electron chi connectivity index (χ1n) is 14.7. The normalized spacial score (nSPS) is 21.2. The number of benzene rings is 1. The summed E-state index contributed by atoms with van der Waals surface area (Å²) in [7, 11) is 0. The van der Waals surface area contributed by atoms with Crippen LogP contribution in [0.25, 0.3) is 10.9 Å². The number of fused-ring (bicyclic) bond motifs is 1. The van der Waals surface area contributed by atoms with Crippen LogP contribution < -0.4 is 11.1 Å². The van der Waals surface area contributed by atoms with Gasteiger partial charge in [0.05, 0.1) is 10.6 Å². The molecule has 224 valence electrons. The van der Waals surface area contributed by atoms with Gasteiger partial charge in [0.2, 0.25) is 5.91 Å². The minimum absolute atomic E-state index is 0.0216. The summed E-state index contributed by atoms with van der Waals surface area (Å²) in [5.74, 6) is -2.79. The molecule has 0 bridgehead atoms. The van der Waals surface area contributed by atoms with Gasteiger partial charge in [-0.1, -0.05) is 38.0 Å². The molecule has 0 spiro atoms. The predicted molar refractivity (Wildman–Crippen MR) is 160 cm³/mol. The number of aromatic amines is 1. The number of carbonyl (C=O) groups excluding carboxylic acids is 3. The summed E-state index contributed by atoms with van der Waals surface area (Å²) < 4.78 is 0.652. The Morgan fingerprint density at radius 2 is 1.78 bits per heavy atom. The molecule has 5 atom stereocenters. The third kappa shape index (κ3) is 6.94. The van der Waals surface area contributed by atoms with Gasteiger partial charge < -0.3 is 26.0 Å². The fourth-order valence-electron chi connectivity index (χ4n) is 5.98. The maximum atomic E-state index is 14.4. The number of unbranched alkanes of at least 4 members (excludes halogenated alkanes) is 1. The van der Waals surface area contributed by atoms with Crippen molar-refractivity contribution in [2.75, 3.05) is 0 Å². The predicted octanol–water partition coefficient (Wildman–Crippen LogP) is 4.55. The number of carboxylic acids is 1. The van der Waals surface area contributed by atoms with Crippen LogP contribution in [0.15, 0.2) is 28.9 Å². The molecule has 11 heteroatoms. The Balaban J connectivity index is 1.74. The van der Waals surface area contributed by atoms with Gasteiger partial charge in [0.15, 0.2) is 0 Å². The van der Waals surface area contributed by atoms with Crippen LogP contribution >= 0.6 is 15.9 Å². The fourth-order valence-corrected chi connectivity index (χ4v) is 6.57. The number of hydrogen-bond donors (Lipinski definition) is 4. The average molecular weight is 633 g/mol. The molecule has 2 aliphatic rings. The monoisotopic (exact) mass is 631 g/mol. The Morgan fingerprint density at radius 1 is 1.12 bits per heavy atom. The van der Waals surface area contributed by atoms with Crippen LogP contribution in [0.2, 0.25) is 0 Å². The third-order valence-electron chi connectivity index (χ3n) is 8.51. The highest BCUT2D eigenvalue weighted by molar-refractivity contribution is 9.10. The zero-order valence-electron chi connectivity index (χ0n) is 24.1. The Morgan fingerprint density at radius 3 is 2.39 bits per heavy atom. The summed E-state index contributed by atoms with van der Waals surface area (Å²) in [5.41, 5.74) is 7.87. The number of H-pyrrole nitrogens is 1. The maximum absolute atomic E-state index is 14.4. The first-order valence-corrected chi connectivity index (χ1v) is 15.5. The van der Waals surface area contributed by atoms with Gasteiger partial charge >= 0.3 is 12.0 Å². The number of nitrogens with two attached hydrogens (primary N) is 1. The van der Waals surface area contributed by atoms with Crippen LogP contribution in [-0.4, -0.2) is 73.9 Å². The molecular weight excluding hydrogens is 590 g/mol. The zero-order valence-corrected chi connectivity index (χ0v) is 25.7. The Hall–Kier alpha value is -2.92. The zero-order chi connectivity index (χ0) is 29.8. The first-order chi connectivity index (χ1) is 19.5. The van der Waals surface area contributed by atoms with Crippen LogP contribution in [0.5, 0.6) is 0 Å². The first kappa shape index (κ1) is 31.0. The maximum Gasteiger partial charge on any atom is 0.326 e. The van der Waals surface area contributed by atoms with E-state index in [1.807, 2.05) is 45.0 Å². The molecular formula is C30H42BrN5O5. The minimum atomic E-state index is -1.38. The number of piperidine rings is 1. The summed E-state index contributed by atoms with van der Waals surface area (Å²) >= 11 is 3.57. The number of rotatable bonds is 11. The van der Waals surface area contributed by atoms with Crippen molar-refractivity contribution in [1.29, 1.82) is 0 Å². The molecule has 4 rings (SSSR count). The van der Waals surface area contributed by atoms with Crippen molar-refractivity contribution in [3.05, 3.63) is 34.4 Å². The number of para-hydroxylation sites is 1. The van der Waals surface area contributed by atoms with Crippen molar-refractivity contribution in [1.82, 2.24) is 20.1 Å². The molecule has 41 heavy (non-hydrogen) atoms. The van der Waals surface area contributed by atoms with Gasteiger partial charge in [0, 0.05) is 29.4 Å². The van der Waals surface area contributed by atoms with Crippen LogP contribution in [0, 0.1) is 5.92 Å². The summed E-state index contributed by atoms with van der Waals surface area (Å²) in [5, 5.41) is 14.0.